The molecule has 0 bridgehead atoms. The Morgan fingerprint density at radius 1 is 1.33 bits per heavy atom. The number of likely N-dealkylation sites (tertiary alicyclic amines) is 1. The maximum absolute atomic E-state index is 8.88. The van der Waals surface area contributed by atoms with E-state index in [1.54, 1.807) is 6.08 Å². The molecule has 0 saturated carbocycles. The van der Waals surface area contributed by atoms with Crippen LogP contribution in [-0.4, -0.2) is 55.1 Å². The van der Waals surface area contributed by atoms with Crippen molar-refractivity contribution in [2.24, 2.45) is 0 Å². The number of allylic oxidation sites excluding steroid dienone is 1. The minimum atomic E-state index is 0.0964. The van der Waals surface area contributed by atoms with E-state index in [1.807, 2.05) is 6.08 Å². The highest BCUT2D eigenvalue weighted by Crippen LogP contribution is 2.19. The Morgan fingerprint density at radius 3 is 2.47 bits per heavy atom. The molecule has 15 heavy (non-hydrogen) atoms. The monoisotopic (exact) mass is 211 g/mol. The molecule has 0 aliphatic carbocycles. The Labute approximate surface area is 89.8 Å². The summed E-state index contributed by atoms with van der Waals surface area (Å²) in [6, 6.07) is 0. The van der Waals surface area contributed by atoms with Gasteiger partial charge in [-0.25, -0.2) is 0 Å². The van der Waals surface area contributed by atoms with Crippen molar-refractivity contribution in [1.29, 1.82) is 0 Å². The summed E-state index contributed by atoms with van der Waals surface area (Å²) in [6.07, 6.45) is 3.97. The van der Waals surface area contributed by atoms with E-state index in [0.29, 0.717) is 13.2 Å². The molecule has 0 radical (unpaired) electrons. The van der Waals surface area contributed by atoms with Gasteiger partial charge in [0.2, 0.25) is 0 Å². The molecule has 2 aliphatic rings. The normalized spacial score (nSPS) is 32.0. The van der Waals surface area contributed by atoms with Gasteiger partial charge < -0.3 is 14.6 Å². The first kappa shape index (κ1) is 10.7. The summed E-state index contributed by atoms with van der Waals surface area (Å²) < 4.78 is 11.2. The number of fused-ring (bicyclic) bond motifs is 1. The van der Waals surface area contributed by atoms with Crippen LogP contribution in [0.5, 0.6) is 0 Å². The molecule has 4 nitrogen and oxygen atoms in total. The van der Waals surface area contributed by atoms with Crippen molar-refractivity contribution in [3.05, 3.63) is 24.5 Å². The number of hydrogen-bond acceptors (Lipinski definition) is 4. The van der Waals surface area contributed by atoms with Crippen LogP contribution in [0, 0.1) is 0 Å². The topological polar surface area (TPSA) is 41.9 Å². The zero-order valence-electron chi connectivity index (χ0n) is 8.76. The van der Waals surface area contributed by atoms with Crippen molar-refractivity contribution in [3.8, 4) is 0 Å². The predicted octanol–water partition coefficient (Wildman–Crippen LogP) is 0.714. The van der Waals surface area contributed by atoms with E-state index in [4.69, 9.17) is 14.6 Å². The molecule has 0 unspecified atom stereocenters. The molecule has 84 valence electrons. The number of hydrogen-bond donors (Lipinski definition) is 1. The summed E-state index contributed by atoms with van der Waals surface area (Å²) in [6.45, 7) is 7.43. The summed E-state index contributed by atoms with van der Waals surface area (Å²) in [5.41, 5.74) is 0. The van der Waals surface area contributed by atoms with Gasteiger partial charge in [0.05, 0.1) is 25.4 Å². The number of rotatable bonds is 3. The Bertz CT molecular complexity index is 251. The first-order valence-electron chi connectivity index (χ1n) is 5.25. The molecule has 2 fully saturated rings. The van der Waals surface area contributed by atoms with Gasteiger partial charge in [0.15, 0.2) is 0 Å². The molecule has 0 amide bonds. The predicted molar refractivity (Wildman–Crippen MR) is 56.8 cm³/mol. The average Bonchev–Trinajstić information content (AvgIpc) is 2.59. The van der Waals surface area contributed by atoms with E-state index < -0.39 is 0 Å². The van der Waals surface area contributed by atoms with Crippen LogP contribution in [0.2, 0.25) is 0 Å². The van der Waals surface area contributed by atoms with Crippen LogP contribution in [0.15, 0.2) is 24.5 Å². The molecular formula is C11H17NO3. The second-order valence-electron chi connectivity index (χ2n) is 3.93. The lowest BCUT2D eigenvalue weighted by Crippen LogP contribution is -2.36. The van der Waals surface area contributed by atoms with Crippen LogP contribution >= 0.6 is 0 Å². The largest absolute Gasteiger partial charge is 0.509 e. The summed E-state index contributed by atoms with van der Waals surface area (Å²) in [7, 11) is 0. The highest BCUT2D eigenvalue weighted by molar-refractivity contribution is 5.06. The van der Waals surface area contributed by atoms with Crippen LogP contribution in [0.3, 0.4) is 0 Å². The van der Waals surface area contributed by atoms with Crippen molar-refractivity contribution in [2.45, 2.75) is 12.2 Å². The number of nitrogens with zero attached hydrogens (tertiary/aromatic N) is 1. The minimum absolute atomic E-state index is 0.0964. The summed E-state index contributed by atoms with van der Waals surface area (Å²) >= 11 is 0. The molecule has 0 aromatic rings. The van der Waals surface area contributed by atoms with E-state index >= 15 is 0 Å². The van der Waals surface area contributed by atoms with Gasteiger partial charge in [0.1, 0.15) is 5.76 Å². The number of ether oxygens (including phenoxy) is 2. The molecule has 2 saturated heterocycles. The fourth-order valence-corrected chi connectivity index (χ4v) is 2.02. The van der Waals surface area contributed by atoms with Gasteiger partial charge in [0.25, 0.3) is 0 Å². The van der Waals surface area contributed by atoms with Crippen molar-refractivity contribution in [3.63, 3.8) is 0 Å². The average molecular weight is 211 g/mol. The van der Waals surface area contributed by atoms with E-state index in [1.165, 1.54) is 0 Å². The molecule has 0 aromatic carbocycles. The van der Waals surface area contributed by atoms with Crippen LogP contribution in [0.4, 0.5) is 0 Å². The molecule has 2 heterocycles. The zero-order chi connectivity index (χ0) is 10.7. The molecule has 1 N–H and O–H groups in total. The summed E-state index contributed by atoms with van der Waals surface area (Å²) in [5, 5.41) is 8.88. The quantitative estimate of drug-likeness (QED) is 0.551. The molecule has 0 spiro atoms. The van der Waals surface area contributed by atoms with E-state index in [-0.39, 0.29) is 18.0 Å². The fourth-order valence-electron chi connectivity index (χ4n) is 2.02. The Hall–Kier alpha value is -0.840. The van der Waals surface area contributed by atoms with E-state index in [0.717, 1.165) is 19.6 Å². The van der Waals surface area contributed by atoms with Gasteiger partial charge in [0, 0.05) is 19.6 Å². The summed E-state index contributed by atoms with van der Waals surface area (Å²) in [4.78, 5) is 2.25. The maximum atomic E-state index is 8.88. The Balaban J connectivity index is 1.79. The van der Waals surface area contributed by atoms with Gasteiger partial charge in [-0.2, -0.15) is 0 Å². The fraction of sp³-hybridized carbons (Fsp3) is 0.636. The van der Waals surface area contributed by atoms with Crippen LogP contribution < -0.4 is 0 Å². The summed E-state index contributed by atoms with van der Waals surface area (Å²) in [5.74, 6) is 0.0964. The lowest BCUT2D eigenvalue weighted by molar-refractivity contribution is -0.116. The molecule has 2 atom stereocenters. The third-order valence-electron chi connectivity index (χ3n) is 2.71. The van der Waals surface area contributed by atoms with Crippen LogP contribution in [0.1, 0.15) is 0 Å². The Kier molecular flexibility index (Phi) is 3.41. The maximum Gasteiger partial charge on any atom is 0.108 e. The van der Waals surface area contributed by atoms with Gasteiger partial charge >= 0.3 is 0 Å². The van der Waals surface area contributed by atoms with Gasteiger partial charge in [-0.1, -0.05) is 12.7 Å². The van der Waals surface area contributed by atoms with Crippen molar-refractivity contribution >= 4 is 0 Å². The van der Waals surface area contributed by atoms with Gasteiger partial charge in [-0.15, -0.1) is 0 Å². The minimum Gasteiger partial charge on any atom is -0.509 e. The molecular weight excluding hydrogens is 194 g/mol. The highest BCUT2D eigenvalue weighted by atomic mass is 16.6. The highest BCUT2D eigenvalue weighted by Gasteiger charge is 2.35. The molecule has 4 heteroatoms. The third-order valence-corrected chi connectivity index (χ3v) is 2.71. The van der Waals surface area contributed by atoms with E-state index in [9.17, 15) is 0 Å². The lowest BCUT2D eigenvalue weighted by atomic mass is 10.2. The van der Waals surface area contributed by atoms with Gasteiger partial charge in [-0.3, -0.25) is 4.90 Å². The number of aliphatic hydroxyl groups is 1. The van der Waals surface area contributed by atoms with Crippen molar-refractivity contribution < 1.29 is 14.6 Å². The Morgan fingerprint density at radius 2 is 1.93 bits per heavy atom. The molecule has 2 aliphatic heterocycles. The lowest BCUT2D eigenvalue weighted by Gasteiger charge is -2.24. The first-order valence-corrected chi connectivity index (χ1v) is 5.25. The molecule has 0 aromatic heterocycles. The zero-order valence-corrected chi connectivity index (χ0v) is 8.76. The van der Waals surface area contributed by atoms with Crippen LogP contribution in [0.25, 0.3) is 0 Å². The SMILES string of the molecule is C=C(O)/C=C/CN1C[C@@H]2OCCO[C@@H]2C1. The smallest absolute Gasteiger partial charge is 0.108 e. The first-order chi connectivity index (χ1) is 7.25. The third kappa shape index (κ3) is 2.81. The molecule has 2 rings (SSSR count). The standard InChI is InChI=1S/C11H17NO3/c1-9(13)3-2-4-12-7-10-11(8-12)15-6-5-14-10/h2-3,10-11,13H,1,4-8H2/b3-2+/t10-,11+. The second kappa shape index (κ2) is 4.79. The second-order valence-corrected chi connectivity index (χ2v) is 3.93. The van der Waals surface area contributed by atoms with Gasteiger partial charge in [-0.05, 0) is 6.08 Å². The van der Waals surface area contributed by atoms with Crippen LogP contribution in [-0.2, 0) is 9.47 Å². The van der Waals surface area contributed by atoms with Crippen molar-refractivity contribution in [1.82, 2.24) is 4.90 Å². The van der Waals surface area contributed by atoms with Crippen molar-refractivity contribution in [2.75, 3.05) is 32.8 Å². The van der Waals surface area contributed by atoms with E-state index in [2.05, 4.69) is 11.5 Å². The number of aliphatic hydroxyl groups excluding tert-OH is 1.